The van der Waals surface area contributed by atoms with Crippen molar-refractivity contribution in [3.05, 3.63) is 29.0 Å². The summed E-state index contributed by atoms with van der Waals surface area (Å²) in [5.41, 5.74) is 0.650. The van der Waals surface area contributed by atoms with Gasteiger partial charge < -0.3 is 4.55 Å². The van der Waals surface area contributed by atoms with E-state index in [-0.39, 0.29) is 4.75 Å². The first-order valence-electron chi connectivity index (χ1n) is 4.47. The molecule has 0 N–H and O–H groups in total. The Labute approximate surface area is 97.9 Å². The third kappa shape index (κ3) is 4.20. The Bertz CT molecular complexity index is 345. The minimum Gasteiger partial charge on any atom is -0.591 e. The van der Waals surface area contributed by atoms with Gasteiger partial charge in [-0.1, -0.05) is 16.0 Å². The van der Waals surface area contributed by atoms with Crippen molar-refractivity contribution < 1.29 is 4.55 Å². The highest BCUT2D eigenvalue weighted by Gasteiger charge is 2.25. The molecule has 0 bridgehead atoms. The highest BCUT2D eigenvalue weighted by molar-refractivity contribution is 7.91. The Hall–Kier alpha value is -0.580. The van der Waals surface area contributed by atoms with Gasteiger partial charge in [0.15, 0.2) is 0 Å². The Morgan fingerprint density at radius 2 is 2.13 bits per heavy atom. The number of hydrogen-bond donors (Lipinski definition) is 0. The quantitative estimate of drug-likeness (QED) is 0.593. The van der Waals surface area contributed by atoms with Crippen LogP contribution in [0.5, 0.6) is 0 Å². The van der Waals surface area contributed by atoms with Crippen molar-refractivity contribution in [2.24, 2.45) is 4.40 Å². The highest BCUT2D eigenvalue weighted by atomic mass is 35.5. The molecule has 0 aliphatic rings. The number of halogens is 1. The lowest BCUT2D eigenvalue weighted by atomic mass is 10.3. The molecule has 0 radical (unpaired) electrons. The fourth-order valence-electron chi connectivity index (χ4n) is 0.724. The van der Waals surface area contributed by atoms with E-state index in [0.29, 0.717) is 10.7 Å². The second-order valence-electron chi connectivity index (χ2n) is 4.00. The van der Waals surface area contributed by atoms with E-state index >= 15 is 0 Å². The van der Waals surface area contributed by atoms with Crippen LogP contribution in [-0.2, 0) is 11.4 Å². The lowest BCUT2D eigenvalue weighted by Crippen LogP contribution is -2.25. The van der Waals surface area contributed by atoms with Crippen LogP contribution in [0.25, 0.3) is 0 Å². The molecule has 1 atom stereocenters. The fraction of sp³-hybridized carbons (Fsp3) is 0.400. The zero-order chi connectivity index (χ0) is 11.5. The molecule has 0 spiro atoms. The molecule has 0 aliphatic heterocycles. The molecule has 3 nitrogen and oxygen atoms in total. The number of pyridine rings is 1. The number of aromatic nitrogens is 1. The molecule has 0 saturated heterocycles. The van der Waals surface area contributed by atoms with Crippen LogP contribution in [0.3, 0.4) is 0 Å². The van der Waals surface area contributed by atoms with Crippen molar-refractivity contribution in [2.45, 2.75) is 25.5 Å². The van der Waals surface area contributed by atoms with Gasteiger partial charge in [0, 0.05) is 6.20 Å². The lowest BCUT2D eigenvalue weighted by molar-refractivity contribution is 0.562. The zero-order valence-electron chi connectivity index (χ0n) is 8.90. The summed E-state index contributed by atoms with van der Waals surface area (Å²) in [5.74, 6) is 0. The summed E-state index contributed by atoms with van der Waals surface area (Å²) in [7, 11) is 0. The topological polar surface area (TPSA) is 48.3 Å². The molecular formula is C10H13ClN2OS. The van der Waals surface area contributed by atoms with Gasteiger partial charge in [-0.2, -0.15) is 0 Å². The summed E-state index contributed by atoms with van der Waals surface area (Å²) in [6, 6.07) is 3.45. The summed E-state index contributed by atoms with van der Waals surface area (Å²) >= 11 is 4.43. The SMILES string of the molecule is CC(C)(C)[S+]([O-])N=Cc1ccc(Cl)cn1. The standard InChI is InChI=1S/C10H13ClN2OS/c1-10(2,3)15(14)13-7-9-5-4-8(11)6-12-9/h4-7H,1-3H3. The van der Waals surface area contributed by atoms with E-state index in [2.05, 4.69) is 9.38 Å². The smallest absolute Gasteiger partial charge is 0.144 e. The summed E-state index contributed by atoms with van der Waals surface area (Å²) in [4.78, 5) is 4.02. The van der Waals surface area contributed by atoms with E-state index in [4.69, 9.17) is 11.6 Å². The van der Waals surface area contributed by atoms with Crippen LogP contribution in [-0.4, -0.2) is 20.5 Å². The molecule has 0 amide bonds. The molecule has 82 valence electrons. The van der Waals surface area contributed by atoms with Gasteiger partial charge in [-0.05, 0) is 32.9 Å². The normalized spacial score (nSPS) is 14.5. The third-order valence-electron chi connectivity index (χ3n) is 1.55. The van der Waals surface area contributed by atoms with Gasteiger partial charge >= 0.3 is 0 Å². The molecule has 1 aromatic rings. The van der Waals surface area contributed by atoms with Gasteiger partial charge in [0.05, 0.1) is 10.7 Å². The van der Waals surface area contributed by atoms with E-state index in [0.717, 1.165) is 0 Å². The van der Waals surface area contributed by atoms with E-state index < -0.39 is 11.4 Å². The molecule has 0 aromatic carbocycles. The van der Waals surface area contributed by atoms with Gasteiger partial charge in [0.1, 0.15) is 22.3 Å². The van der Waals surface area contributed by atoms with Crippen LogP contribution in [0.1, 0.15) is 26.5 Å². The van der Waals surface area contributed by atoms with Crippen LogP contribution in [0.4, 0.5) is 0 Å². The monoisotopic (exact) mass is 244 g/mol. The Kier molecular flexibility index (Phi) is 4.13. The van der Waals surface area contributed by atoms with Gasteiger partial charge in [0.25, 0.3) is 0 Å². The van der Waals surface area contributed by atoms with Crippen molar-refractivity contribution in [1.29, 1.82) is 0 Å². The molecule has 1 unspecified atom stereocenters. The Morgan fingerprint density at radius 3 is 2.60 bits per heavy atom. The molecule has 15 heavy (non-hydrogen) atoms. The summed E-state index contributed by atoms with van der Waals surface area (Å²) in [6.45, 7) is 5.61. The molecule has 0 aliphatic carbocycles. The zero-order valence-corrected chi connectivity index (χ0v) is 10.5. The maximum atomic E-state index is 11.6. The van der Waals surface area contributed by atoms with Crippen molar-refractivity contribution >= 4 is 29.2 Å². The second-order valence-corrected chi connectivity index (χ2v) is 6.37. The van der Waals surface area contributed by atoms with Gasteiger partial charge in [-0.15, -0.1) is 0 Å². The minimum atomic E-state index is -1.25. The van der Waals surface area contributed by atoms with Crippen molar-refractivity contribution in [3.8, 4) is 0 Å². The van der Waals surface area contributed by atoms with Crippen LogP contribution in [0.15, 0.2) is 22.7 Å². The number of hydrogen-bond acceptors (Lipinski definition) is 3. The van der Waals surface area contributed by atoms with Crippen LogP contribution >= 0.6 is 11.6 Å². The predicted octanol–water partition coefficient (Wildman–Crippen LogP) is 2.62. The van der Waals surface area contributed by atoms with Crippen molar-refractivity contribution in [1.82, 2.24) is 4.98 Å². The molecule has 0 fully saturated rings. The van der Waals surface area contributed by atoms with E-state index in [9.17, 15) is 4.55 Å². The first-order valence-corrected chi connectivity index (χ1v) is 5.96. The lowest BCUT2D eigenvalue weighted by Gasteiger charge is -2.17. The molecular weight excluding hydrogens is 232 g/mol. The largest absolute Gasteiger partial charge is 0.591 e. The van der Waals surface area contributed by atoms with Crippen molar-refractivity contribution in [2.75, 3.05) is 0 Å². The Morgan fingerprint density at radius 1 is 1.47 bits per heavy atom. The average Bonchev–Trinajstić information content (AvgIpc) is 2.15. The van der Waals surface area contributed by atoms with E-state index in [1.807, 2.05) is 20.8 Å². The molecule has 5 heteroatoms. The van der Waals surface area contributed by atoms with Gasteiger partial charge in [0.2, 0.25) is 0 Å². The summed E-state index contributed by atoms with van der Waals surface area (Å²) < 4.78 is 15.2. The molecule has 1 heterocycles. The first-order chi connectivity index (χ1) is 6.89. The van der Waals surface area contributed by atoms with E-state index in [1.54, 1.807) is 12.1 Å². The minimum absolute atomic E-state index is 0.344. The molecule has 1 aromatic heterocycles. The van der Waals surface area contributed by atoms with Crippen molar-refractivity contribution in [3.63, 3.8) is 0 Å². The van der Waals surface area contributed by atoms with Crippen LogP contribution in [0.2, 0.25) is 5.02 Å². The predicted molar refractivity (Wildman–Crippen MR) is 64.7 cm³/mol. The maximum absolute atomic E-state index is 11.6. The van der Waals surface area contributed by atoms with Gasteiger partial charge in [-0.25, -0.2) is 0 Å². The first kappa shape index (κ1) is 12.5. The van der Waals surface area contributed by atoms with Gasteiger partial charge in [-0.3, -0.25) is 4.98 Å². The summed E-state index contributed by atoms with van der Waals surface area (Å²) in [5, 5.41) is 0.573. The van der Waals surface area contributed by atoms with Crippen LogP contribution in [0, 0.1) is 0 Å². The van der Waals surface area contributed by atoms with E-state index in [1.165, 1.54) is 12.4 Å². The van der Waals surface area contributed by atoms with Crippen LogP contribution < -0.4 is 0 Å². The maximum Gasteiger partial charge on any atom is 0.144 e. The number of nitrogens with zero attached hydrogens (tertiary/aromatic N) is 2. The second kappa shape index (κ2) is 4.96. The summed E-state index contributed by atoms with van der Waals surface area (Å²) in [6.07, 6.45) is 3.03. The third-order valence-corrected chi connectivity index (χ3v) is 3.12. The fourth-order valence-corrected chi connectivity index (χ4v) is 1.36. The average molecular weight is 245 g/mol. The number of rotatable bonds is 2. The molecule has 1 rings (SSSR count). The molecule has 0 saturated carbocycles. The Balaban J connectivity index is 2.70. The highest BCUT2D eigenvalue weighted by Crippen LogP contribution is 2.16.